The maximum atomic E-state index is 13.0. The Labute approximate surface area is 187 Å². The second-order valence-corrected chi connectivity index (χ2v) is 6.94. The number of benzene rings is 3. The number of ether oxygens (including phenoxy) is 1. The van der Waals surface area contributed by atoms with Gasteiger partial charge in [-0.3, -0.25) is 14.9 Å². The number of nitro groups is 1. The minimum atomic E-state index is -0.645. The first-order chi connectivity index (χ1) is 15.4. The molecule has 7 nitrogen and oxygen atoms in total. The lowest BCUT2D eigenvalue weighted by Crippen LogP contribution is -2.13. The van der Waals surface area contributed by atoms with Crippen LogP contribution in [0.2, 0.25) is 5.02 Å². The van der Waals surface area contributed by atoms with Crippen molar-refractivity contribution in [3.05, 3.63) is 104 Å². The molecule has 0 aliphatic heterocycles. The third kappa shape index (κ3) is 5.90. The van der Waals surface area contributed by atoms with E-state index in [0.717, 1.165) is 5.56 Å². The standard InChI is InChI=1S/C23H15ClFN3O4/c24-21-12-16(11-17(13-26)23(29)27-19-6-4-18(25)5-7-19)3-10-22(21)32-14-15-1-8-20(9-2-15)28(30)31/h1-12H,14H2,(H,27,29)/b17-11+. The number of nitro benzene ring substituents is 1. The molecule has 0 saturated carbocycles. The van der Waals surface area contributed by atoms with Crippen LogP contribution in [0.3, 0.4) is 0 Å². The predicted molar refractivity (Wildman–Crippen MR) is 118 cm³/mol. The van der Waals surface area contributed by atoms with Crippen LogP contribution in [0.4, 0.5) is 15.8 Å². The summed E-state index contributed by atoms with van der Waals surface area (Å²) in [5.41, 5.74) is 1.40. The van der Waals surface area contributed by atoms with Crippen LogP contribution in [0.15, 0.2) is 72.3 Å². The van der Waals surface area contributed by atoms with Crippen LogP contribution in [0.5, 0.6) is 5.75 Å². The van der Waals surface area contributed by atoms with Crippen LogP contribution in [-0.4, -0.2) is 10.8 Å². The molecule has 0 fully saturated rings. The summed E-state index contributed by atoms with van der Waals surface area (Å²) in [5.74, 6) is -0.713. The Bertz CT molecular complexity index is 1220. The average molecular weight is 452 g/mol. The number of nitrogens with one attached hydrogen (secondary N) is 1. The molecule has 0 bridgehead atoms. The number of non-ortho nitro benzene ring substituents is 1. The summed E-state index contributed by atoms with van der Waals surface area (Å²) < 4.78 is 18.6. The fraction of sp³-hybridized carbons (Fsp3) is 0.0435. The molecule has 3 aromatic carbocycles. The summed E-state index contributed by atoms with van der Waals surface area (Å²) in [4.78, 5) is 22.5. The third-order valence-electron chi connectivity index (χ3n) is 4.28. The van der Waals surface area contributed by atoms with Gasteiger partial charge in [-0.2, -0.15) is 5.26 Å². The Balaban J connectivity index is 1.67. The lowest BCUT2D eigenvalue weighted by atomic mass is 10.1. The molecule has 1 N–H and O–H groups in total. The molecule has 0 unspecified atom stereocenters. The number of nitrogens with zero attached hydrogens (tertiary/aromatic N) is 2. The van der Waals surface area contributed by atoms with Crippen molar-refractivity contribution in [3.63, 3.8) is 0 Å². The van der Waals surface area contributed by atoms with Gasteiger partial charge in [0.2, 0.25) is 0 Å². The molecule has 0 atom stereocenters. The highest BCUT2D eigenvalue weighted by atomic mass is 35.5. The monoisotopic (exact) mass is 451 g/mol. The molecule has 0 aromatic heterocycles. The van der Waals surface area contributed by atoms with Gasteiger partial charge in [-0.05, 0) is 65.7 Å². The molecule has 3 aromatic rings. The Hall–Kier alpha value is -4.22. The molecule has 0 aliphatic carbocycles. The fourth-order valence-corrected chi connectivity index (χ4v) is 2.89. The Morgan fingerprint density at radius 1 is 1.16 bits per heavy atom. The normalized spacial score (nSPS) is 10.8. The number of carbonyl (C=O) groups is 1. The second-order valence-electron chi connectivity index (χ2n) is 6.53. The van der Waals surface area contributed by atoms with Crippen LogP contribution in [-0.2, 0) is 11.4 Å². The largest absolute Gasteiger partial charge is 0.487 e. The quantitative estimate of drug-likeness (QED) is 0.220. The lowest BCUT2D eigenvalue weighted by molar-refractivity contribution is -0.384. The highest BCUT2D eigenvalue weighted by molar-refractivity contribution is 6.32. The Morgan fingerprint density at radius 2 is 1.84 bits per heavy atom. The molecule has 0 saturated heterocycles. The molecule has 0 aliphatic rings. The number of amides is 1. The first-order valence-corrected chi connectivity index (χ1v) is 9.58. The van der Waals surface area contributed by atoms with Crippen molar-refractivity contribution in [1.82, 2.24) is 0 Å². The van der Waals surface area contributed by atoms with Crippen LogP contribution >= 0.6 is 11.6 Å². The summed E-state index contributed by atoms with van der Waals surface area (Å²) >= 11 is 6.25. The highest BCUT2D eigenvalue weighted by Gasteiger charge is 2.11. The molecule has 32 heavy (non-hydrogen) atoms. The van der Waals surface area contributed by atoms with E-state index in [4.69, 9.17) is 16.3 Å². The van der Waals surface area contributed by atoms with E-state index in [1.54, 1.807) is 24.3 Å². The fourth-order valence-electron chi connectivity index (χ4n) is 2.65. The number of rotatable bonds is 7. The van der Waals surface area contributed by atoms with Crippen LogP contribution in [0.25, 0.3) is 6.08 Å². The number of anilines is 1. The zero-order chi connectivity index (χ0) is 23.1. The van der Waals surface area contributed by atoms with E-state index in [2.05, 4.69) is 5.32 Å². The van der Waals surface area contributed by atoms with Gasteiger partial charge >= 0.3 is 0 Å². The number of nitriles is 1. The molecule has 1 amide bonds. The molecule has 0 radical (unpaired) electrons. The maximum absolute atomic E-state index is 13.0. The van der Waals surface area contributed by atoms with Crippen molar-refractivity contribution in [1.29, 1.82) is 5.26 Å². The summed E-state index contributed by atoms with van der Waals surface area (Å²) in [7, 11) is 0. The zero-order valence-electron chi connectivity index (χ0n) is 16.4. The van der Waals surface area contributed by atoms with E-state index in [1.165, 1.54) is 48.5 Å². The molecule has 0 heterocycles. The van der Waals surface area contributed by atoms with Gasteiger partial charge in [0.25, 0.3) is 11.6 Å². The topological polar surface area (TPSA) is 105 Å². The van der Waals surface area contributed by atoms with Crippen LogP contribution in [0, 0.1) is 27.3 Å². The van der Waals surface area contributed by atoms with Crippen molar-refractivity contribution in [3.8, 4) is 11.8 Å². The van der Waals surface area contributed by atoms with Crippen LogP contribution < -0.4 is 10.1 Å². The van der Waals surface area contributed by atoms with Gasteiger partial charge in [0.1, 0.15) is 29.8 Å². The highest BCUT2D eigenvalue weighted by Crippen LogP contribution is 2.27. The van der Waals surface area contributed by atoms with Crippen LogP contribution in [0.1, 0.15) is 11.1 Å². The van der Waals surface area contributed by atoms with Crippen molar-refractivity contribution in [2.75, 3.05) is 5.32 Å². The first-order valence-electron chi connectivity index (χ1n) is 9.20. The Morgan fingerprint density at radius 3 is 2.44 bits per heavy atom. The lowest BCUT2D eigenvalue weighted by Gasteiger charge is -2.09. The van der Waals surface area contributed by atoms with Crippen molar-refractivity contribution in [2.24, 2.45) is 0 Å². The van der Waals surface area contributed by atoms with E-state index in [-0.39, 0.29) is 22.9 Å². The SMILES string of the molecule is N#C/C(=C\c1ccc(OCc2ccc([N+](=O)[O-])cc2)c(Cl)c1)C(=O)Nc1ccc(F)cc1. The van der Waals surface area contributed by atoms with Gasteiger partial charge in [-0.15, -0.1) is 0 Å². The van der Waals surface area contributed by atoms with Gasteiger partial charge in [-0.1, -0.05) is 17.7 Å². The summed E-state index contributed by atoms with van der Waals surface area (Å²) in [6.45, 7) is 0.149. The first kappa shape index (κ1) is 22.5. The van der Waals surface area contributed by atoms with Crippen molar-refractivity contribution in [2.45, 2.75) is 6.61 Å². The van der Waals surface area contributed by atoms with Crippen molar-refractivity contribution < 1.29 is 18.8 Å². The summed E-state index contributed by atoms with van der Waals surface area (Å²) in [5, 5.41) is 22.8. The van der Waals surface area contributed by atoms with E-state index < -0.39 is 16.6 Å². The smallest absolute Gasteiger partial charge is 0.269 e. The van der Waals surface area contributed by atoms with E-state index in [1.807, 2.05) is 6.07 Å². The minimum Gasteiger partial charge on any atom is -0.487 e. The average Bonchev–Trinajstić information content (AvgIpc) is 2.78. The van der Waals surface area contributed by atoms with E-state index in [0.29, 0.717) is 17.0 Å². The maximum Gasteiger partial charge on any atom is 0.269 e. The van der Waals surface area contributed by atoms with E-state index >= 15 is 0 Å². The van der Waals surface area contributed by atoms with Crippen molar-refractivity contribution >= 4 is 35.0 Å². The van der Waals surface area contributed by atoms with E-state index in [9.17, 15) is 24.6 Å². The number of carbonyl (C=O) groups excluding carboxylic acids is 1. The number of hydrogen-bond donors (Lipinski definition) is 1. The number of halogens is 2. The number of hydrogen-bond acceptors (Lipinski definition) is 5. The molecular weight excluding hydrogens is 437 g/mol. The molecule has 9 heteroatoms. The molecule has 160 valence electrons. The van der Waals surface area contributed by atoms with Gasteiger partial charge < -0.3 is 10.1 Å². The van der Waals surface area contributed by atoms with Gasteiger partial charge in [-0.25, -0.2) is 4.39 Å². The zero-order valence-corrected chi connectivity index (χ0v) is 17.2. The summed E-state index contributed by atoms with van der Waals surface area (Å²) in [6, 6.07) is 17.7. The minimum absolute atomic E-state index is 0.0142. The summed E-state index contributed by atoms with van der Waals surface area (Å²) in [6.07, 6.45) is 1.37. The van der Waals surface area contributed by atoms with Gasteiger partial charge in [0, 0.05) is 17.8 Å². The van der Waals surface area contributed by atoms with Gasteiger partial charge in [0.15, 0.2) is 0 Å². The Kier molecular flexibility index (Phi) is 7.16. The predicted octanol–water partition coefficient (Wildman–Crippen LogP) is 5.51. The molecule has 0 spiro atoms. The molecule has 3 rings (SSSR count). The van der Waals surface area contributed by atoms with Gasteiger partial charge in [0.05, 0.1) is 9.95 Å². The molecular formula is C23H15ClFN3O4. The second kappa shape index (κ2) is 10.2. The third-order valence-corrected chi connectivity index (χ3v) is 4.57.